The Labute approximate surface area is 208 Å². The number of amides is 2. The molecule has 0 bridgehead atoms. The highest BCUT2D eigenvalue weighted by atomic mass is 16.5. The first kappa shape index (κ1) is 26.0. The van der Waals surface area contributed by atoms with Crippen LogP contribution in [0, 0.1) is 11.3 Å². The number of aryl methyl sites for hydroxylation is 1. The first-order chi connectivity index (χ1) is 17.5. The summed E-state index contributed by atoms with van der Waals surface area (Å²) >= 11 is 0. The van der Waals surface area contributed by atoms with Crippen LogP contribution in [-0.2, 0) is 6.42 Å². The highest BCUT2D eigenvalue weighted by Crippen LogP contribution is 2.39. The number of ether oxygens (including phenoxy) is 3. The summed E-state index contributed by atoms with van der Waals surface area (Å²) in [7, 11) is 4.33. The predicted octanol–water partition coefficient (Wildman–Crippen LogP) is 2.23. The molecular weight excluding hydrogens is 464 g/mol. The summed E-state index contributed by atoms with van der Waals surface area (Å²) in [6, 6.07) is 12.2. The fraction of sp³-hybridized carbons (Fsp3) is 0.320. The number of hydrogen-bond acceptors (Lipinski definition) is 8. The van der Waals surface area contributed by atoms with E-state index in [1.807, 2.05) is 31.2 Å². The van der Waals surface area contributed by atoms with Crippen molar-refractivity contribution in [3.05, 3.63) is 65.0 Å². The number of H-pyrrole nitrogens is 1. The number of hydrogen-bond donors (Lipinski definition) is 3. The third-order valence-electron chi connectivity index (χ3n) is 5.69. The molecule has 2 aromatic carbocycles. The highest BCUT2D eigenvalue weighted by molar-refractivity contribution is 5.98. The minimum Gasteiger partial charge on any atom is -0.493 e. The number of nitriles is 1. The molecule has 0 saturated heterocycles. The third kappa shape index (κ3) is 5.72. The van der Waals surface area contributed by atoms with Gasteiger partial charge in [-0.2, -0.15) is 5.26 Å². The maximum atomic E-state index is 13.4. The van der Waals surface area contributed by atoms with Gasteiger partial charge in [0.25, 0.3) is 11.8 Å². The number of nitrogens with one attached hydrogen (secondary N) is 3. The van der Waals surface area contributed by atoms with E-state index in [1.165, 1.54) is 33.6 Å². The molecule has 0 fully saturated rings. The van der Waals surface area contributed by atoms with Crippen LogP contribution in [0.4, 0.5) is 0 Å². The average molecular weight is 493 g/mol. The molecule has 0 radical (unpaired) electrons. The van der Waals surface area contributed by atoms with Gasteiger partial charge in [0, 0.05) is 6.54 Å². The molecule has 0 aliphatic rings. The molecule has 2 unspecified atom stereocenters. The zero-order valence-corrected chi connectivity index (χ0v) is 20.5. The lowest BCUT2D eigenvalue weighted by Crippen LogP contribution is -2.47. The molecule has 0 aliphatic carbocycles. The van der Waals surface area contributed by atoms with Crippen LogP contribution in [-0.4, -0.2) is 61.1 Å². The van der Waals surface area contributed by atoms with Crippen LogP contribution in [0.2, 0.25) is 0 Å². The molecule has 2 amide bonds. The Kier molecular flexibility index (Phi) is 8.83. The maximum absolute atomic E-state index is 13.4. The van der Waals surface area contributed by atoms with Crippen LogP contribution >= 0.6 is 0 Å². The number of carbonyl (C=O) groups is 2. The third-order valence-corrected chi connectivity index (χ3v) is 5.69. The van der Waals surface area contributed by atoms with E-state index in [-0.39, 0.29) is 29.3 Å². The van der Waals surface area contributed by atoms with Crippen molar-refractivity contribution in [2.75, 3.05) is 27.9 Å². The van der Waals surface area contributed by atoms with Crippen LogP contribution < -0.4 is 24.8 Å². The van der Waals surface area contributed by atoms with Crippen LogP contribution in [0.3, 0.4) is 0 Å². The molecule has 11 heteroatoms. The second kappa shape index (κ2) is 12.2. The average Bonchev–Trinajstić information content (AvgIpc) is 3.46. The molecule has 0 aliphatic heterocycles. The van der Waals surface area contributed by atoms with Crippen molar-refractivity contribution >= 4 is 11.8 Å². The number of aromatic amines is 1. The second-order valence-corrected chi connectivity index (χ2v) is 7.73. The first-order valence-corrected chi connectivity index (χ1v) is 11.2. The van der Waals surface area contributed by atoms with Gasteiger partial charge in [-0.25, -0.2) is 0 Å². The SMILES string of the molecule is CCc1ccc(C(C#N)C(CNC(=O)c2c[nH]nn2)NC(=O)c2ccc(OC)c(OC)c2OC)cc1. The lowest BCUT2D eigenvalue weighted by atomic mass is 9.91. The smallest absolute Gasteiger partial charge is 0.273 e. The largest absolute Gasteiger partial charge is 0.493 e. The zero-order chi connectivity index (χ0) is 26.1. The van der Waals surface area contributed by atoms with Gasteiger partial charge in [-0.3, -0.25) is 14.7 Å². The Morgan fingerprint density at radius 1 is 1.03 bits per heavy atom. The van der Waals surface area contributed by atoms with Gasteiger partial charge in [0.2, 0.25) is 5.75 Å². The number of methoxy groups -OCH3 is 3. The van der Waals surface area contributed by atoms with Crippen LogP contribution in [0.15, 0.2) is 42.6 Å². The summed E-state index contributed by atoms with van der Waals surface area (Å²) in [6.45, 7) is 2.00. The van der Waals surface area contributed by atoms with E-state index in [4.69, 9.17) is 14.2 Å². The molecule has 3 aromatic rings. The summed E-state index contributed by atoms with van der Waals surface area (Å²) in [5.74, 6) is -0.934. The van der Waals surface area contributed by atoms with Crippen molar-refractivity contribution in [2.45, 2.75) is 25.3 Å². The quantitative estimate of drug-likeness (QED) is 0.369. The number of aromatic nitrogens is 3. The van der Waals surface area contributed by atoms with E-state index >= 15 is 0 Å². The lowest BCUT2D eigenvalue weighted by Gasteiger charge is -2.25. The van der Waals surface area contributed by atoms with Crippen molar-refractivity contribution in [1.82, 2.24) is 26.0 Å². The maximum Gasteiger partial charge on any atom is 0.273 e. The minimum atomic E-state index is -0.788. The Bertz CT molecular complexity index is 1220. The van der Waals surface area contributed by atoms with E-state index in [0.717, 1.165) is 12.0 Å². The van der Waals surface area contributed by atoms with Crippen molar-refractivity contribution < 1.29 is 23.8 Å². The molecule has 1 heterocycles. The second-order valence-electron chi connectivity index (χ2n) is 7.73. The van der Waals surface area contributed by atoms with Crippen LogP contribution in [0.25, 0.3) is 0 Å². The normalized spacial score (nSPS) is 12.1. The summed E-state index contributed by atoms with van der Waals surface area (Å²) in [5.41, 5.74) is 2.09. The van der Waals surface area contributed by atoms with Crippen LogP contribution in [0.1, 0.15) is 44.8 Å². The van der Waals surface area contributed by atoms with Crippen molar-refractivity contribution in [3.63, 3.8) is 0 Å². The molecule has 2 atom stereocenters. The van der Waals surface area contributed by atoms with E-state index in [0.29, 0.717) is 11.3 Å². The monoisotopic (exact) mass is 492 g/mol. The molecule has 1 aromatic heterocycles. The summed E-state index contributed by atoms with van der Waals surface area (Å²) in [5, 5.41) is 25.3. The van der Waals surface area contributed by atoms with Gasteiger partial charge in [-0.1, -0.05) is 36.4 Å². The molecule has 188 valence electrons. The highest BCUT2D eigenvalue weighted by Gasteiger charge is 2.29. The van der Waals surface area contributed by atoms with Gasteiger partial charge in [-0.05, 0) is 29.7 Å². The van der Waals surface area contributed by atoms with Crippen LogP contribution in [0.5, 0.6) is 17.2 Å². The van der Waals surface area contributed by atoms with Gasteiger partial charge >= 0.3 is 0 Å². The Morgan fingerprint density at radius 3 is 2.31 bits per heavy atom. The molecule has 11 nitrogen and oxygen atoms in total. The topological polar surface area (TPSA) is 151 Å². The van der Waals surface area contributed by atoms with Crippen molar-refractivity contribution in [2.24, 2.45) is 0 Å². The Hall–Kier alpha value is -4.59. The van der Waals surface area contributed by atoms with E-state index in [9.17, 15) is 14.9 Å². The Balaban J connectivity index is 1.93. The van der Waals surface area contributed by atoms with E-state index < -0.39 is 23.8 Å². The van der Waals surface area contributed by atoms with Gasteiger partial charge in [0.1, 0.15) is 0 Å². The molecular formula is C25H28N6O5. The number of rotatable bonds is 11. The number of carbonyl (C=O) groups excluding carboxylic acids is 2. The predicted molar refractivity (Wildman–Crippen MR) is 130 cm³/mol. The van der Waals surface area contributed by atoms with Crippen molar-refractivity contribution in [1.29, 1.82) is 5.26 Å². The number of benzene rings is 2. The lowest BCUT2D eigenvalue weighted by molar-refractivity contribution is 0.0901. The van der Waals surface area contributed by atoms with E-state index in [1.54, 1.807) is 6.07 Å². The van der Waals surface area contributed by atoms with Gasteiger partial charge in [0.15, 0.2) is 17.2 Å². The molecule has 36 heavy (non-hydrogen) atoms. The standard InChI is InChI=1S/C25H28N6O5/c1-5-15-6-8-16(9-7-15)18(12-26)19(13-27-25(33)20-14-28-31-30-20)29-24(32)17-10-11-21(34-2)23(36-4)22(17)35-3/h6-11,14,18-19H,5,13H2,1-4H3,(H,27,33)(H,29,32)(H,28,30,31). The summed E-state index contributed by atoms with van der Waals surface area (Å²) in [6.07, 6.45) is 2.20. The molecule has 0 saturated carbocycles. The van der Waals surface area contributed by atoms with Gasteiger partial charge in [-0.15, -0.1) is 5.10 Å². The fourth-order valence-corrected chi connectivity index (χ4v) is 3.74. The molecule has 3 rings (SSSR count). The molecule has 0 spiro atoms. The molecule has 3 N–H and O–H groups in total. The fourth-order valence-electron chi connectivity index (χ4n) is 3.74. The van der Waals surface area contributed by atoms with E-state index in [2.05, 4.69) is 32.1 Å². The summed E-state index contributed by atoms with van der Waals surface area (Å²) < 4.78 is 16.1. The van der Waals surface area contributed by atoms with Crippen molar-refractivity contribution in [3.8, 4) is 23.3 Å². The zero-order valence-electron chi connectivity index (χ0n) is 20.5. The van der Waals surface area contributed by atoms with Gasteiger partial charge < -0.3 is 24.8 Å². The Morgan fingerprint density at radius 2 is 1.75 bits per heavy atom. The number of nitrogens with zero attached hydrogens (tertiary/aromatic N) is 3. The summed E-state index contributed by atoms with van der Waals surface area (Å²) in [4.78, 5) is 25.9. The van der Waals surface area contributed by atoms with Gasteiger partial charge in [0.05, 0.1) is 51.1 Å². The minimum absolute atomic E-state index is 0.0409. The first-order valence-electron chi connectivity index (χ1n) is 11.2.